The van der Waals surface area contributed by atoms with Gasteiger partial charge in [-0.2, -0.15) is 0 Å². The lowest BCUT2D eigenvalue weighted by molar-refractivity contribution is -0.142. The Hall–Kier alpha value is -2.37. The van der Waals surface area contributed by atoms with Gasteiger partial charge in [-0.05, 0) is 36.3 Å². The smallest absolute Gasteiger partial charge is 0.326 e. The Morgan fingerprint density at radius 1 is 1.04 bits per heavy atom. The SMILES string of the molecule is CCc1ccc(CCC(=O)NCC(=O)N[C@@H](CC(C)C)C(=O)O)cc1. The summed E-state index contributed by atoms with van der Waals surface area (Å²) in [5.74, 6) is -1.64. The molecule has 1 aromatic rings. The molecule has 6 nitrogen and oxygen atoms in total. The van der Waals surface area contributed by atoms with E-state index in [2.05, 4.69) is 17.6 Å². The number of carboxylic acid groups (broad SMARTS) is 1. The average Bonchev–Trinajstić information content (AvgIpc) is 2.57. The van der Waals surface area contributed by atoms with Crippen molar-refractivity contribution in [3.05, 3.63) is 35.4 Å². The van der Waals surface area contributed by atoms with Crippen LogP contribution < -0.4 is 10.6 Å². The number of hydrogen-bond donors (Lipinski definition) is 3. The van der Waals surface area contributed by atoms with Crippen LogP contribution in [-0.4, -0.2) is 35.5 Å². The van der Waals surface area contributed by atoms with Crippen LogP contribution in [0.3, 0.4) is 0 Å². The standard InChI is InChI=1S/C19H28N2O4/c1-4-14-5-7-15(8-6-14)9-10-17(22)20-12-18(23)21-16(19(24)25)11-13(2)3/h5-8,13,16H,4,9-12H2,1-3H3,(H,20,22)(H,21,23)(H,24,25)/t16-/m0/s1. The van der Waals surface area contributed by atoms with Gasteiger partial charge < -0.3 is 15.7 Å². The molecule has 1 aromatic carbocycles. The molecule has 25 heavy (non-hydrogen) atoms. The molecule has 0 saturated heterocycles. The first kappa shape index (κ1) is 20.7. The van der Waals surface area contributed by atoms with Gasteiger partial charge in [-0.1, -0.05) is 45.0 Å². The molecule has 0 heterocycles. The molecule has 0 aliphatic rings. The van der Waals surface area contributed by atoms with Gasteiger partial charge in [0, 0.05) is 6.42 Å². The first-order valence-electron chi connectivity index (χ1n) is 8.68. The van der Waals surface area contributed by atoms with E-state index < -0.39 is 17.9 Å². The zero-order chi connectivity index (χ0) is 18.8. The molecule has 0 aromatic heterocycles. The van der Waals surface area contributed by atoms with Crippen LogP contribution in [0.25, 0.3) is 0 Å². The summed E-state index contributed by atoms with van der Waals surface area (Å²) in [6, 6.07) is 7.16. The molecule has 0 aliphatic heterocycles. The van der Waals surface area contributed by atoms with E-state index >= 15 is 0 Å². The zero-order valence-electron chi connectivity index (χ0n) is 15.2. The summed E-state index contributed by atoms with van der Waals surface area (Å²) in [6.45, 7) is 5.65. The average molecular weight is 348 g/mol. The normalized spacial score (nSPS) is 11.8. The van der Waals surface area contributed by atoms with Crippen LogP contribution in [0.5, 0.6) is 0 Å². The van der Waals surface area contributed by atoms with Crippen molar-refractivity contribution >= 4 is 17.8 Å². The number of hydrogen-bond acceptors (Lipinski definition) is 3. The summed E-state index contributed by atoms with van der Waals surface area (Å²) in [5.41, 5.74) is 2.32. The van der Waals surface area contributed by atoms with Gasteiger partial charge in [0.1, 0.15) is 6.04 Å². The molecule has 0 saturated carbocycles. The van der Waals surface area contributed by atoms with Crippen LogP contribution in [-0.2, 0) is 27.2 Å². The zero-order valence-corrected chi connectivity index (χ0v) is 15.2. The van der Waals surface area contributed by atoms with Crippen LogP contribution in [0.1, 0.15) is 44.7 Å². The first-order valence-corrected chi connectivity index (χ1v) is 8.68. The number of aryl methyl sites for hydroxylation is 2. The fraction of sp³-hybridized carbons (Fsp3) is 0.526. The van der Waals surface area contributed by atoms with E-state index in [1.165, 1.54) is 5.56 Å². The van der Waals surface area contributed by atoms with Crippen LogP contribution in [0.4, 0.5) is 0 Å². The number of aliphatic carboxylic acids is 1. The molecule has 3 N–H and O–H groups in total. The van der Waals surface area contributed by atoms with Gasteiger partial charge in [-0.25, -0.2) is 4.79 Å². The molecule has 0 aliphatic carbocycles. The lowest BCUT2D eigenvalue weighted by Crippen LogP contribution is -2.46. The Labute approximate surface area is 149 Å². The molecule has 0 bridgehead atoms. The van der Waals surface area contributed by atoms with Crippen LogP contribution >= 0.6 is 0 Å². The topological polar surface area (TPSA) is 95.5 Å². The van der Waals surface area contributed by atoms with Gasteiger partial charge in [0.15, 0.2) is 0 Å². The molecule has 0 spiro atoms. The summed E-state index contributed by atoms with van der Waals surface area (Å²) >= 11 is 0. The summed E-state index contributed by atoms with van der Waals surface area (Å²) in [7, 11) is 0. The van der Waals surface area contributed by atoms with Crippen LogP contribution in [0.15, 0.2) is 24.3 Å². The molecule has 0 radical (unpaired) electrons. The van der Waals surface area contributed by atoms with E-state index in [1.54, 1.807) is 0 Å². The third kappa shape index (κ3) is 8.33. The number of carboxylic acids is 1. The lowest BCUT2D eigenvalue weighted by atomic mass is 10.0. The fourth-order valence-electron chi connectivity index (χ4n) is 2.40. The van der Waals surface area contributed by atoms with E-state index in [4.69, 9.17) is 5.11 Å². The van der Waals surface area contributed by atoms with Gasteiger partial charge in [0.05, 0.1) is 6.54 Å². The Morgan fingerprint density at radius 3 is 2.16 bits per heavy atom. The van der Waals surface area contributed by atoms with E-state index in [0.29, 0.717) is 12.8 Å². The van der Waals surface area contributed by atoms with Crippen molar-refractivity contribution in [1.82, 2.24) is 10.6 Å². The van der Waals surface area contributed by atoms with E-state index in [1.807, 2.05) is 38.1 Å². The molecule has 0 unspecified atom stereocenters. The molecular weight excluding hydrogens is 320 g/mol. The van der Waals surface area contributed by atoms with Crippen molar-refractivity contribution in [2.24, 2.45) is 5.92 Å². The fourth-order valence-corrected chi connectivity index (χ4v) is 2.40. The summed E-state index contributed by atoms with van der Waals surface area (Å²) in [6.07, 6.45) is 2.21. The number of amides is 2. The highest BCUT2D eigenvalue weighted by atomic mass is 16.4. The van der Waals surface area contributed by atoms with E-state index in [-0.39, 0.29) is 24.8 Å². The van der Waals surface area contributed by atoms with Crippen molar-refractivity contribution in [1.29, 1.82) is 0 Å². The summed E-state index contributed by atoms with van der Waals surface area (Å²) < 4.78 is 0. The minimum atomic E-state index is -1.07. The summed E-state index contributed by atoms with van der Waals surface area (Å²) in [5, 5.41) is 14.1. The number of benzene rings is 1. The van der Waals surface area contributed by atoms with Gasteiger partial charge >= 0.3 is 5.97 Å². The predicted molar refractivity (Wildman–Crippen MR) is 96.2 cm³/mol. The van der Waals surface area contributed by atoms with Gasteiger partial charge in [0.2, 0.25) is 11.8 Å². The highest BCUT2D eigenvalue weighted by molar-refractivity contribution is 5.87. The third-order valence-corrected chi connectivity index (χ3v) is 3.86. The lowest BCUT2D eigenvalue weighted by Gasteiger charge is -2.16. The molecule has 138 valence electrons. The first-order chi connectivity index (χ1) is 11.8. The van der Waals surface area contributed by atoms with Crippen LogP contribution in [0, 0.1) is 5.92 Å². The number of carbonyl (C=O) groups excluding carboxylic acids is 2. The van der Waals surface area contributed by atoms with Gasteiger partial charge in [0.25, 0.3) is 0 Å². The van der Waals surface area contributed by atoms with Crippen molar-refractivity contribution < 1.29 is 19.5 Å². The molecule has 6 heteroatoms. The van der Waals surface area contributed by atoms with Crippen molar-refractivity contribution in [2.75, 3.05) is 6.54 Å². The Balaban J connectivity index is 2.34. The highest BCUT2D eigenvalue weighted by Crippen LogP contribution is 2.07. The molecule has 0 fully saturated rings. The largest absolute Gasteiger partial charge is 0.480 e. The number of rotatable bonds is 10. The van der Waals surface area contributed by atoms with Crippen molar-refractivity contribution in [3.63, 3.8) is 0 Å². The number of nitrogens with one attached hydrogen (secondary N) is 2. The monoisotopic (exact) mass is 348 g/mol. The second kappa shape index (κ2) is 10.5. The molecular formula is C19H28N2O4. The highest BCUT2D eigenvalue weighted by Gasteiger charge is 2.21. The van der Waals surface area contributed by atoms with E-state index in [0.717, 1.165) is 12.0 Å². The Bertz CT molecular complexity index is 582. The minimum absolute atomic E-state index is 0.148. The third-order valence-electron chi connectivity index (χ3n) is 3.86. The van der Waals surface area contributed by atoms with E-state index in [9.17, 15) is 14.4 Å². The molecule has 1 rings (SSSR count). The maximum absolute atomic E-state index is 11.8. The maximum Gasteiger partial charge on any atom is 0.326 e. The number of carbonyl (C=O) groups is 3. The molecule has 1 atom stereocenters. The molecule has 2 amide bonds. The Kier molecular flexibility index (Phi) is 8.67. The Morgan fingerprint density at radius 2 is 1.64 bits per heavy atom. The van der Waals surface area contributed by atoms with Gasteiger partial charge in [-0.3, -0.25) is 9.59 Å². The summed E-state index contributed by atoms with van der Waals surface area (Å²) in [4.78, 5) is 34.7. The maximum atomic E-state index is 11.8. The second-order valence-corrected chi connectivity index (χ2v) is 6.53. The predicted octanol–water partition coefficient (Wildman–Crippen LogP) is 1.91. The van der Waals surface area contributed by atoms with Crippen molar-refractivity contribution in [3.8, 4) is 0 Å². The van der Waals surface area contributed by atoms with Crippen molar-refractivity contribution in [2.45, 2.75) is 52.5 Å². The quantitative estimate of drug-likeness (QED) is 0.602. The van der Waals surface area contributed by atoms with Gasteiger partial charge in [-0.15, -0.1) is 0 Å². The second-order valence-electron chi connectivity index (χ2n) is 6.53. The van der Waals surface area contributed by atoms with Crippen LogP contribution in [0.2, 0.25) is 0 Å². The minimum Gasteiger partial charge on any atom is -0.480 e.